The molecular formula is C20H38O11. The summed E-state index contributed by atoms with van der Waals surface area (Å²) in [5, 5.41) is 70.0. The van der Waals surface area contributed by atoms with Crippen LogP contribution in [0.3, 0.4) is 0 Å². The standard InChI is InChI=1S/C20H38O11/c1-3-5-6-10(4-2)9-28-19-17(27)15(25)18(12(8-22)30-19)31-20-16(26)14(24)13(23)11(7-21)29-20/h10-27H,3-9H2,1-2H3/t10?,11-,12-,13-,14+,15-,16-,17-,18-,19-,20-/m1/s1. The van der Waals surface area contributed by atoms with Crippen LogP contribution in [-0.2, 0) is 18.9 Å². The minimum Gasteiger partial charge on any atom is -0.394 e. The van der Waals surface area contributed by atoms with E-state index >= 15 is 0 Å². The number of hydrogen-bond acceptors (Lipinski definition) is 11. The predicted molar refractivity (Wildman–Crippen MR) is 106 cm³/mol. The van der Waals surface area contributed by atoms with Crippen LogP contribution in [0.5, 0.6) is 0 Å². The van der Waals surface area contributed by atoms with Gasteiger partial charge in [0.2, 0.25) is 0 Å². The average Bonchev–Trinajstić information content (AvgIpc) is 2.78. The fraction of sp³-hybridized carbons (Fsp3) is 1.00. The molecule has 1 unspecified atom stereocenters. The summed E-state index contributed by atoms with van der Waals surface area (Å²) in [5.41, 5.74) is 0. The lowest BCUT2D eigenvalue weighted by molar-refractivity contribution is -0.360. The Morgan fingerprint density at radius 3 is 1.97 bits per heavy atom. The van der Waals surface area contributed by atoms with Crippen molar-refractivity contribution in [3.8, 4) is 0 Å². The van der Waals surface area contributed by atoms with Gasteiger partial charge in [-0.3, -0.25) is 0 Å². The van der Waals surface area contributed by atoms with Gasteiger partial charge in [-0.05, 0) is 12.3 Å². The van der Waals surface area contributed by atoms with Crippen LogP contribution in [0, 0.1) is 5.92 Å². The average molecular weight is 455 g/mol. The molecule has 0 saturated carbocycles. The molecular weight excluding hydrogens is 416 g/mol. The highest BCUT2D eigenvalue weighted by molar-refractivity contribution is 4.94. The number of aliphatic hydroxyl groups is 7. The van der Waals surface area contributed by atoms with Crippen molar-refractivity contribution in [3.63, 3.8) is 0 Å². The van der Waals surface area contributed by atoms with E-state index < -0.39 is 74.6 Å². The summed E-state index contributed by atoms with van der Waals surface area (Å²) < 4.78 is 22.1. The summed E-state index contributed by atoms with van der Waals surface area (Å²) >= 11 is 0. The van der Waals surface area contributed by atoms with E-state index in [9.17, 15) is 35.7 Å². The van der Waals surface area contributed by atoms with E-state index in [0.29, 0.717) is 6.61 Å². The molecule has 2 aliphatic rings. The van der Waals surface area contributed by atoms with E-state index in [0.717, 1.165) is 25.7 Å². The zero-order valence-corrected chi connectivity index (χ0v) is 18.1. The van der Waals surface area contributed by atoms with Gasteiger partial charge in [-0.25, -0.2) is 0 Å². The number of hydrogen-bond donors (Lipinski definition) is 7. The molecule has 0 aromatic heterocycles. The Morgan fingerprint density at radius 2 is 1.39 bits per heavy atom. The Kier molecular flexibility index (Phi) is 11.0. The van der Waals surface area contributed by atoms with Crippen LogP contribution < -0.4 is 0 Å². The molecule has 2 saturated heterocycles. The molecule has 11 atom stereocenters. The van der Waals surface area contributed by atoms with Crippen molar-refractivity contribution < 1.29 is 54.7 Å². The first kappa shape index (κ1) is 26.8. The zero-order valence-electron chi connectivity index (χ0n) is 18.1. The molecule has 7 N–H and O–H groups in total. The van der Waals surface area contributed by atoms with E-state index in [-0.39, 0.29) is 5.92 Å². The van der Waals surface area contributed by atoms with Gasteiger partial charge in [-0.15, -0.1) is 0 Å². The fourth-order valence-corrected chi connectivity index (χ4v) is 3.82. The SMILES string of the molecule is CCCCC(CC)CO[C@@H]1O[C@H](CO)[C@@H](O[C@H]2O[C@H](CO)[C@@H](O)[C@H](O)[C@H]2O)[C@H](O)[C@H]1O. The van der Waals surface area contributed by atoms with Gasteiger partial charge in [0.25, 0.3) is 0 Å². The van der Waals surface area contributed by atoms with Crippen molar-refractivity contribution in [1.29, 1.82) is 0 Å². The largest absolute Gasteiger partial charge is 0.394 e. The fourth-order valence-electron chi connectivity index (χ4n) is 3.82. The molecule has 11 nitrogen and oxygen atoms in total. The molecule has 2 heterocycles. The van der Waals surface area contributed by atoms with Crippen molar-refractivity contribution in [1.82, 2.24) is 0 Å². The Bertz CT molecular complexity index is 506. The van der Waals surface area contributed by atoms with Crippen molar-refractivity contribution in [2.24, 2.45) is 5.92 Å². The normalized spacial score (nSPS) is 42.5. The number of aliphatic hydroxyl groups excluding tert-OH is 7. The van der Waals surface area contributed by atoms with Gasteiger partial charge in [0.15, 0.2) is 12.6 Å². The highest BCUT2D eigenvalue weighted by atomic mass is 16.7. The Labute approximate surface area is 182 Å². The summed E-state index contributed by atoms with van der Waals surface area (Å²) in [5.74, 6) is 0.267. The van der Waals surface area contributed by atoms with Crippen molar-refractivity contribution in [2.45, 2.75) is 101 Å². The van der Waals surface area contributed by atoms with Crippen LogP contribution in [0.4, 0.5) is 0 Å². The third-order valence-electron chi connectivity index (χ3n) is 6.00. The number of rotatable bonds is 11. The maximum absolute atomic E-state index is 10.6. The highest BCUT2D eigenvalue weighted by Crippen LogP contribution is 2.30. The molecule has 2 rings (SSSR count). The van der Waals surface area contributed by atoms with Crippen LogP contribution in [-0.4, -0.2) is 117 Å². The predicted octanol–water partition coefficient (Wildman–Crippen LogP) is -2.16. The third kappa shape index (κ3) is 6.55. The van der Waals surface area contributed by atoms with E-state index in [2.05, 4.69) is 6.92 Å². The van der Waals surface area contributed by atoms with Gasteiger partial charge < -0.3 is 54.7 Å². The van der Waals surface area contributed by atoms with E-state index in [4.69, 9.17) is 18.9 Å². The second-order valence-electron chi connectivity index (χ2n) is 8.25. The molecule has 2 aliphatic heterocycles. The molecule has 184 valence electrons. The van der Waals surface area contributed by atoms with Gasteiger partial charge >= 0.3 is 0 Å². The number of unbranched alkanes of at least 4 members (excludes halogenated alkanes) is 1. The molecule has 0 amide bonds. The lowest BCUT2D eigenvalue weighted by Crippen LogP contribution is -2.64. The second-order valence-corrected chi connectivity index (χ2v) is 8.25. The van der Waals surface area contributed by atoms with Gasteiger partial charge in [0, 0.05) is 0 Å². The van der Waals surface area contributed by atoms with Gasteiger partial charge in [-0.2, -0.15) is 0 Å². The van der Waals surface area contributed by atoms with Crippen LogP contribution in [0.25, 0.3) is 0 Å². The first-order valence-corrected chi connectivity index (χ1v) is 11.0. The maximum atomic E-state index is 10.6. The molecule has 0 spiro atoms. The molecule has 0 aliphatic carbocycles. The molecule has 0 bridgehead atoms. The topological polar surface area (TPSA) is 179 Å². The lowest BCUT2D eigenvalue weighted by atomic mass is 9.97. The molecule has 31 heavy (non-hydrogen) atoms. The minimum absolute atomic E-state index is 0.267. The van der Waals surface area contributed by atoms with Crippen LogP contribution in [0.1, 0.15) is 39.5 Å². The first-order valence-electron chi connectivity index (χ1n) is 11.0. The highest BCUT2D eigenvalue weighted by Gasteiger charge is 2.50. The second kappa shape index (κ2) is 12.7. The molecule has 0 aromatic carbocycles. The summed E-state index contributed by atoms with van der Waals surface area (Å²) in [6.45, 7) is 3.23. The quantitative estimate of drug-likeness (QED) is 0.181. The molecule has 2 fully saturated rings. The van der Waals surface area contributed by atoms with Crippen LogP contribution in [0.15, 0.2) is 0 Å². The van der Waals surface area contributed by atoms with Crippen molar-refractivity contribution in [2.75, 3.05) is 19.8 Å². The third-order valence-corrected chi connectivity index (χ3v) is 6.00. The van der Waals surface area contributed by atoms with Crippen LogP contribution >= 0.6 is 0 Å². The Hall–Kier alpha value is -0.440. The van der Waals surface area contributed by atoms with E-state index in [1.54, 1.807) is 0 Å². The van der Waals surface area contributed by atoms with Gasteiger partial charge in [0.1, 0.15) is 48.8 Å². The summed E-state index contributed by atoms with van der Waals surface area (Å²) in [6, 6.07) is 0. The number of ether oxygens (including phenoxy) is 4. The first-order chi connectivity index (χ1) is 14.8. The molecule has 0 aromatic rings. The van der Waals surface area contributed by atoms with Crippen LogP contribution in [0.2, 0.25) is 0 Å². The van der Waals surface area contributed by atoms with E-state index in [1.165, 1.54) is 0 Å². The summed E-state index contributed by atoms with van der Waals surface area (Å²) in [7, 11) is 0. The summed E-state index contributed by atoms with van der Waals surface area (Å²) in [6.07, 6.45) is -10.4. The smallest absolute Gasteiger partial charge is 0.187 e. The molecule has 0 radical (unpaired) electrons. The lowest BCUT2D eigenvalue weighted by Gasteiger charge is -2.46. The zero-order chi connectivity index (χ0) is 23.1. The van der Waals surface area contributed by atoms with Crippen molar-refractivity contribution in [3.05, 3.63) is 0 Å². The van der Waals surface area contributed by atoms with Gasteiger partial charge in [0.05, 0.1) is 19.8 Å². The molecule has 11 heteroatoms. The maximum Gasteiger partial charge on any atom is 0.187 e. The van der Waals surface area contributed by atoms with E-state index in [1.807, 2.05) is 6.92 Å². The van der Waals surface area contributed by atoms with Crippen molar-refractivity contribution >= 4 is 0 Å². The Balaban J connectivity index is 2.01. The Morgan fingerprint density at radius 1 is 0.774 bits per heavy atom. The monoisotopic (exact) mass is 454 g/mol. The minimum atomic E-state index is -1.70. The van der Waals surface area contributed by atoms with Gasteiger partial charge in [-0.1, -0.05) is 33.1 Å². The summed E-state index contributed by atoms with van der Waals surface area (Å²) in [4.78, 5) is 0.